The van der Waals surface area contributed by atoms with Crippen LogP contribution >= 0.6 is 0 Å². The molecule has 0 aliphatic heterocycles. The van der Waals surface area contributed by atoms with Gasteiger partial charge in [0.25, 0.3) is 0 Å². The first kappa shape index (κ1) is 13.1. The van der Waals surface area contributed by atoms with E-state index in [2.05, 4.69) is 20.3 Å². The van der Waals surface area contributed by atoms with E-state index in [0.717, 1.165) is 22.3 Å². The van der Waals surface area contributed by atoms with Crippen molar-refractivity contribution in [3.05, 3.63) is 36.7 Å². The molecule has 106 valence electrons. The van der Waals surface area contributed by atoms with E-state index in [0.29, 0.717) is 24.6 Å². The summed E-state index contributed by atoms with van der Waals surface area (Å²) >= 11 is 0. The van der Waals surface area contributed by atoms with Gasteiger partial charge in [0, 0.05) is 11.6 Å². The van der Waals surface area contributed by atoms with Gasteiger partial charge in [0.05, 0.1) is 29.7 Å². The normalized spacial score (nSPS) is 10.5. The number of H-pyrrole nitrogens is 1. The first-order valence-electron chi connectivity index (χ1n) is 6.59. The molecule has 3 heterocycles. The van der Waals surface area contributed by atoms with Crippen LogP contribution in [0.25, 0.3) is 22.3 Å². The maximum atomic E-state index is 10.5. The van der Waals surface area contributed by atoms with Crippen LogP contribution in [0.15, 0.2) is 36.7 Å². The lowest BCUT2D eigenvalue weighted by Crippen LogP contribution is -1.96. The second-order valence-corrected chi connectivity index (χ2v) is 4.40. The fourth-order valence-corrected chi connectivity index (χ4v) is 2.16. The van der Waals surface area contributed by atoms with E-state index in [4.69, 9.17) is 4.74 Å². The SMILES string of the molecule is CCOc1ncccc1-c1cc2cc(NC=O)cnc2[nH]1. The van der Waals surface area contributed by atoms with Crippen molar-refractivity contribution in [3.63, 3.8) is 0 Å². The molecule has 0 spiro atoms. The lowest BCUT2D eigenvalue weighted by molar-refractivity contribution is -0.105. The monoisotopic (exact) mass is 282 g/mol. The largest absolute Gasteiger partial charge is 0.477 e. The zero-order valence-corrected chi connectivity index (χ0v) is 11.5. The van der Waals surface area contributed by atoms with Crippen molar-refractivity contribution in [1.82, 2.24) is 15.0 Å². The Morgan fingerprint density at radius 3 is 3.10 bits per heavy atom. The number of amides is 1. The van der Waals surface area contributed by atoms with Crippen LogP contribution in [-0.4, -0.2) is 28.0 Å². The van der Waals surface area contributed by atoms with Gasteiger partial charge in [-0.05, 0) is 31.2 Å². The van der Waals surface area contributed by atoms with Gasteiger partial charge in [-0.3, -0.25) is 4.79 Å². The molecule has 0 atom stereocenters. The van der Waals surface area contributed by atoms with Gasteiger partial charge in [-0.15, -0.1) is 0 Å². The lowest BCUT2D eigenvalue weighted by atomic mass is 10.2. The van der Waals surface area contributed by atoms with Gasteiger partial charge in [-0.25, -0.2) is 9.97 Å². The minimum atomic E-state index is 0.551. The highest BCUT2D eigenvalue weighted by Gasteiger charge is 2.10. The zero-order valence-electron chi connectivity index (χ0n) is 11.5. The van der Waals surface area contributed by atoms with E-state index in [1.807, 2.05) is 31.2 Å². The third-order valence-corrected chi connectivity index (χ3v) is 3.04. The molecule has 0 unspecified atom stereocenters. The Balaban J connectivity index is 2.06. The molecular weight excluding hydrogens is 268 g/mol. The van der Waals surface area contributed by atoms with Gasteiger partial charge < -0.3 is 15.0 Å². The molecular formula is C15H14N4O2. The van der Waals surface area contributed by atoms with Crippen LogP contribution in [-0.2, 0) is 4.79 Å². The van der Waals surface area contributed by atoms with Crippen molar-refractivity contribution in [1.29, 1.82) is 0 Å². The Kier molecular flexibility index (Phi) is 3.51. The van der Waals surface area contributed by atoms with E-state index < -0.39 is 0 Å². The average Bonchev–Trinajstić information content (AvgIpc) is 2.91. The van der Waals surface area contributed by atoms with Crippen molar-refractivity contribution in [2.75, 3.05) is 11.9 Å². The quantitative estimate of drug-likeness (QED) is 0.705. The Hall–Kier alpha value is -2.89. The van der Waals surface area contributed by atoms with Crippen LogP contribution in [0.1, 0.15) is 6.92 Å². The van der Waals surface area contributed by atoms with Crippen LogP contribution in [0.3, 0.4) is 0 Å². The number of aromatic nitrogens is 3. The molecule has 21 heavy (non-hydrogen) atoms. The third kappa shape index (κ3) is 2.55. The van der Waals surface area contributed by atoms with Gasteiger partial charge in [-0.2, -0.15) is 0 Å². The van der Waals surface area contributed by atoms with Crippen molar-refractivity contribution < 1.29 is 9.53 Å². The summed E-state index contributed by atoms with van der Waals surface area (Å²) in [6, 6.07) is 7.61. The second kappa shape index (κ2) is 5.62. The second-order valence-electron chi connectivity index (χ2n) is 4.40. The lowest BCUT2D eigenvalue weighted by Gasteiger charge is -2.06. The number of nitrogens with one attached hydrogen (secondary N) is 2. The Labute approximate surface area is 121 Å². The predicted molar refractivity (Wildman–Crippen MR) is 80.2 cm³/mol. The van der Waals surface area contributed by atoms with Gasteiger partial charge in [-0.1, -0.05) is 0 Å². The number of pyridine rings is 2. The van der Waals surface area contributed by atoms with Crippen LogP contribution < -0.4 is 10.1 Å². The standard InChI is InChI=1S/C15H14N4O2/c1-2-21-15-12(4-3-5-16-15)13-7-10-6-11(18-9-20)8-17-14(10)19-13/h3-9H,2H2,1H3,(H,17,19)(H,18,20). The molecule has 0 aromatic carbocycles. The molecule has 6 nitrogen and oxygen atoms in total. The van der Waals surface area contributed by atoms with E-state index in [1.54, 1.807) is 12.4 Å². The van der Waals surface area contributed by atoms with Crippen LogP contribution in [0.2, 0.25) is 0 Å². The highest BCUT2D eigenvalue weighted by Crippen LogP contribution is 2.30. The molecule has 2 N–H and O–H groups in total. The number of fused-ring (bicyclic) bond motifs is 1. The van der Waals surface area contributed by atoms with Gasteiger partial charge in [0.1, 0.15) is 5.65 Å². The fraction of sp³-hybridized carbons (Fsp3) is 0.133. The fourth-order valence-electron chi connectivity index (χ4n) is 2.16. The molecule has 3 rings (SSSR count). The number of aromatic amines is 1. The molecule has 3 aromatic heterocycles. The van der Waals surface area contributed by atoms with Crippen LogP contribution in [0.5, 0.6) is 5.88 Å². The Bertz CT molecular complexity index is 782. The van der Waals surface area contributed by atoms with Crippen LogP contribution in [0.4, 0.5) is 5.69 Å². The highest BCUT2D eigenvalue weighted by atomic mass is 16.5. The average molecular weight is 282 g/mol. The van der Waals surface area contributed by atoms with E-state index in [-0.39, 0.29) is 0 Å². The number of hydrogen-bond acceptors (Lipinski definition) is 4. The van der Waals surface area contributed by atoms with Crippen molar-refractivity contribution in [3.8, 4) is 17.1 Å². The summed E-state index contributed by atoms with van der Waals surface area (Å²) in [6.45, 7) is 2.47. The number of hydrogen-bond donors (Lipinski definition) is 2. The molecule has 0 aliphatic rings. The van der Waals surface area contributed by atoms with Crippen molar-refractivity contribution >= 4 is 23.1 Å². The maximum absolute atomic E-state index is 10.5. The molecule has 0 aliphatic carbocycles. The maximum Gasteiger partial charge on any atom is 0.222 e. The minimum absolute atomic E-state index is 0.551. The zero-order chi connectivity index (χ0) is 14.7. The molecule has 0 fully saturated rings. The molecule has 3 aromatic rings. The number of anilines is 1. The molecule has 1 amide bonds. The van der Waals surface area contributed by atoms with E-state index in [1.165, 1.54) is 0 Å². The summed E-state index contributed by atoms with van der Waals surface area (Å²) < 4.78 is 5.54. The summed E-state index contributed by atoms with van der Waals surface area (Å²) in [5.74, 6) is 0.581. The molecule has 0 saturated heterocycles. The van der Waals surface area contributed by atoms with E-state index >= 15 is 0 Å². The summed E-state index contributed by atoms with van der Waals surface area (Å²) in [5, 5.41) is 3.49. The number of carbonyl (C=O) groups is 1. The number of ether oxygens (including phenoxy) is 1. The number of rotatable bonds is 5. The van der Waals surface area contributed by atoms with Gasteiger partial charge in [0.2, 0.25) is 12.3 Å². The Morgan fingerprint density at radius 2 is 2.29 bits per heavy atom. The molecule has 0 radical (unpaired) electrons. The van der Waals surface area contributed by atoms with Crippen LogP contribution in [0, 0.1) is 0 Å². The highest BCUT2D eigenvalue weighted by molar-refractivity contribution is 5.87. The minimum Gasteiger partial charge on any atom is -0.477 e. The molecule has 0 saturated carbocycles. The molecule has 0 bridgehead atoms. The summed E-state index contributed by atoms with van der Waals surface area (Å²) in [5.41, 5.74) is 3.14. The van der Waals surface area contributed by atoms with Gasteiger partial charge in [0.15, 0.2) is 0 Å². The Morgan fingerprint density at radius 1 is 1.38 bits per heavy atom. The molecule has 6 heteroatoms. The van der Waals surface area contributed by atoms with Crippen molar-refractivity contribution in [2.24, 2.45) is 0 Å². The summed E-state index contributed by atoms with van der Waals surface area (Å²) in [4.78, 5) is 22.2. The summed E-state index contributed by atoms with van der Waals surface area (Å²) in [6.07, 6.45) is 3.93. The van der Waals surface area contributed by atoms with E-state index in [9.17, 15) is 4.79 Å². The first-order chi connectivity index (χ1) is 10.3. The number of carbonyl (C=O) groups excluding carboxylic acids is 1. The smallest absolute Gasteiger partial charge is 0.222 e. The predicted octanol–water partition coefficient (Wildman–Crippen LogP) is 2.59. The summed E-state index contributed by atoms with van der Waals surface area (Å²) in [7, 11) is 0. The topological polar surface area (TPSA) is 79.9 Å². The number of nitrogens with zero attached hydrogens (tertiary/aromatic N) is 2. The van der Waals surface area contributed by atoms with Crippen molar-refractivity contribution in [2.45, 2.75) is 6.92 Å². The first-order valence-corrected chi connectivity index (χ1v) is 6.59. The third-order valence-electron chi connectivity index (χ3n) is 3.04. The van der Waals surface area contributed by atoms with Gasteiger partial charge >= 0.3 is 0 Å².